The SMILES string of the molecule is CCNC(=NCCc1ncc(CC)s1)NC1CCN(Cc2ccc(OC)c(F)c2)CC1.I. The first-order valence-electron chi connectivity index (χ1n) is 11.1. The third-order valence-corrected chi connectivity index (χ3v) is 6.64. The lowest BCUT2D eigenvalue weighted by Crippen LogP contribution is -2.48. The van der Waals surface area contributed by atoms with Crippen molar-refractivity contribution >= 4 is 41.3 Å². The van der Waals surface area contributed by atoms with Gasteiger partial charge in [0.05, 0.1) is 12.1 Å². The van der Waals surface area contributed by atoms with Crippen molar-refractivity contribution in [3.8, 4) is 5.75 Å². The molecule has 2 aromatic rings. The molecule has 0 spiro atoms. The molecule has 6 nitrogen and oxygen atoms in total. The summed E-state index contributed by atoms with van der Waals surface area (Å²) in [6.45, 7) is 8.52. The fraction of sp³-hybridized carbons (Fsp3) is 0.565. The van der Waals surface area contributed by atoms with Crippen LogP contribution in [0.15, 0.2) is 29.4 Å². The van der Waals surface area contributed by atoms with Crippen molar-refractivity contribution < 1.29 is 9.13 Å². The molecule has 1 fully saturated rings. The summed E-state index contributed by atoms with van der Waals surface area (Å²) in [4.78, 5) is 12.9. The Bertz CT molecular complexity index is 855. The molecule has 178 valence electrons. The van der Waals surface area contributed by atoms with Gasteiger partial charge in [-0.05, 0) is 43.9 Å². The smallest absolute Gasteiger partial charge is 0.191 e. The molecule has 9 heteroatoms. The van der Waals surface area contributed by atoms with E-state index in [-0.39, 0.29) is 29.8 Å². The molecule has 1 saturated heterocycles. The van der Waals surface area contributed by atoms with Crippen LogP contribution in [0.4, 0.5) is 4.39 Å². The lowest BCUT2D eigenvalue weighted by Gasteiger charge is -2.33. The topological polar surface area (TPSA) is 61.8 Å². The number of piperidine rings is 1. The van der Waals surface area contributed by atoms with Crippen LogP contribution in [-0.4, -0.2) is 55.2 Å². The largest absolute Gasteiger partial charge is 0.494 e. The first-order valence-corrected chi connectivity index (χ1v) is 12.0. The van der Waals surface area contributed by atoms with E-state index in [9.17, 15) is 4.39 Å². The summed E-state index contributed by atoms with van der Waals surface area (Å²) in [7, 11) is 1.49. The van der Waals surface area contributed by atoms with Crippen LogP contribution in [0.5, 0.6) is 5.75 Å². The standard InChI is InChI=1S/C23H34FN5OS.HI/c1-4-19-15-27-22(31-19)8-11-26-23(25-5-2)28-18-9-12-29(13-10-18)16-17-6-7-21(30-3)20(24)14-17;/h6-7,14-15,18H,4-5,8-13,16H2,1-3H3,(H2,25,26,28);1H. The highest BCUT2D eigenvalue weighted by atomic mass is 127. The molecule has 0 bridgehead atoms. The van der Waals surface area contributed by atoms with Crippen molar-refractivity contribution in [3.63, 3.8) is 0 Å². The quantitative estimate of drug-likeness (QED) is 0.266. The van der Waals surface area contributed by atoms with E-state index in [0.29, 0.717) is 11.8 Å². The Morgan fingerprint density at radius 1 is 1.31 bits per heavy atom. The molecule has 2 N–H and O–H groups in total. The van der Waals surface area contributed by atoms with Gasteiger partial charge < -0.3 is 15.4 Å². The molecule has 0 unspecified atom stereocenters. The van der Waals surface area contributed by atoms with Gasteiger partial charge in [-0.1, -0.05) is 13.0 Å². The molecule has 2 heterocycles. The van der Waals surface area contributed by atoms with Crippen LogP contribution in [0, 0.1) is 5.82 Å². The van der Waals surface area contributed by atoms with Gasteiger partial charge in [0.2, 0.25) is 0 Å². The van der Waals surface area contributed by atoms with Crippen LogP contribution < -0.4 is 15.4 Å². The maximum Gasteiger partial charge on any atom is 0.191 e. The van der Waals surface area contributed by atoms with Crippen LogP contribution in [0.1, 0.15) is 42.1 Å². The van der Waals surface area contributed by atoms with Gasteiger partial charge in [-0.25, -0.2) is 9.37 Å². The zero-order valence-corrected chi connectivity index (χ0v) is 22.3. The molecule has 0 atom stereocenters. The summed E-state index contributed by atoms with van der Waals surface area (Å²) in [5.74, 6) is 0.875. The van der Waals surface area contributed by atoms with E-state index in [1.54, 1.807) is 23.5 Å². The Kier molecular flexibility index (Phi) is 11.7. The van der Waals surface area contributed by atoms with Gasteiger partial charge in [0.25, 0.3) is 0 Å². The van der Waals surface area contributed by atoms with Crippen molar-refractivity contribution in [2.45, 2.75) is 52.1 Å². The highest BCUT2D eigenvalue weighted by Gasteiger charge is 2.20. The van der Waals surface area contributed by atoms with Gasteiger partial charge in [0, 0.05) is 56.3 Å². The van der Waals surface area contributed by atoms with Crippen molar-refractivity contribution in [2.24, 2.45) is 4.99 Å². The van der Waals surface area contributed by atoms with Crippen LogP contribution in [0.2, 0.25) is 0 Å². The number of nitrogens with zero attached hydrogens (tertiary/aromatic N) is 3. The van der Waals surface area contributed by atoms with Crippen molar-refractivity contribution in [3.05, 3.63) is 45.7 Å². The number of aliphatic imine (C=N–C) groups is 1. The lowest BCUT2D eigenvalue weighted by molar-refractivity contribution is 0.198. The number of guanidine groups is 1. The predicted molar refractivity (Wildman–Crippen MR) is 141 cm³/mol. The number of hydrogen-bond donors (Lipinski definition) is 2. The number of halogens is 2. The minimum absolute atomic E-state index is 0. The summed E-state index contributed by atoms with van der Waals surface area (Å²) < 4.78 is 18.9. The molecule has 32 heavy (non-hydrogen) atoms. The molecule has 1 aromatic carbocycles. The number of hydrogen-bond acceptors (Lipinski definition) is 5. The van der Waals surface area contributed by atoms with E-state index < -0.39 is 0 Å². The van der Waals surface area contributed by atoms with Crippen molar-refractivity contribution in [1.29, 1.82) is 0 Å². The number of nitrogens with one attached hydrogen (secondary N) is 2. The minimum Gasteiger partial charge on any atom is -0.494 e. The molecule has 1 aromatic heterocycles. The van der Waals surface area contributed by atoms with Gasteiger partial charge in [-0.2, -0.15) is 0 Å². The average molecular weight is 576 g/mol. The first-order chi connectivity index (χ1) is 15.1. The van der Waals surface area contributed by atoms with E-state index in [2.05, 4.69) is 34.4 Å². The summed E-state index contributed by atoms with van der Waals surface area (Å²) >= 11 is 1.78. The molecule has 0 amide bonds. The molecule has 3 rings (SSSR count). The fourth-order valence-electron chi connectivity index (χ4n) is 3.71. The van der Waals surface area contributed by atoms with Crippen LogP contribution in [0.25, 0.3) is 0 Å². The van der Waals surface area contributed by atoms with Crippen molar-refractivity contribution in [2.75, 3.05) is 33.3 Å². The van der Waals surface area contributed by atoms with Gasteiger partial charge in [-0.15, -0.1) is 35.3 Å². The molecule has 0 saturated carbocycles. The number of ether oxygens (including phenoxy) is 1. The Hall–Kier alpha value is -1.46. The number of likely N-dealkylation sites (tertiary alicyclic amines) is 1. The van der Waals surface area contributed by atoms with E-state index in [4.69, 9.17) is 9.73 Å². The zero-order valence-electron chi connectivity index (χ0n) is 19.2. The summed E-state index contributed by atoms with van der Waals surface area (Å²) in [5, 5.41) is 8.09. The molecule has 1 aliphatic heterocycles. The molecule has 1 aliphatic rings. The van der Waals surface area contributed by atoms with E-state index in [1.165, 1.54) is 12.0 Å². The fourth-order valence-corrected chi connectivity index (χ4v) is 4.56. The Labute approximate surface area is 212 Å². The van der Waals surface area contributed by atoms with Gasteiger partial charge in [-0.3, -0.25) is 9.89 Å². The maximum absolute atomic E-state index is 13.9. The van der Waals surface area contributed by atoms with Crippen LogP contribution in [0.3, 0.4) is 0 Å². The maximum atomic E-state index is 13.9. The third kappa shape index (κ3) is 8.15. The zero-order chi connectivity index (χ0) is 22.1. The van der Waals surface area contributed by atoms with Crippen LogP contribution >= 0.6 is 35.3 Å². The highest BCUT2D eigenvalue weighted by molar-refractivity contribution is 14.0. The van der Waals surface area contributed by atoms with E-state index in [1.807, 2.05) is 12.3 Å². The Morgan fingerprint density at radius 3 is 2.72 bits per heavy atom. The highest BCUT2D eigenvalue weighted by Crippen LogP contribution is 2.20. The van der Waals surface area contributed by atoms with Crippen LogP contribution in [-0.2, 0) is 19.4 Å². The van der Waals surface area contributed by atoms with Gasteiger partial charge in [0.15, 0.2) is 17.5 Å². The van der Waals surface area contributed by atoms with Gasteiger partial charge in [0.1, 0.15) is 0 Å². The first kappa shape index (κ1) is 26.8. The second-order valence-corrected chi connectivity index (χ2v) is 8.95. The predicted octanol–water partition coefficient (Wildman–Crippen LogP) is 4.23. The van der Waals surface area contributed by atoms with Crippen molar-refractivity contribution in [1.82, 2.24) is 20.5 Å². The van der Waals surface area contributed by atoms with E-state index in [0.717, 1.165) is 74.9 Å². The number of methoxy groups -OCH3 is 1. The lowest BCUT2D eigenvalue weighted by atomic mass is 10.0. The summed E-state index contributed by atoms with van der Waals surface area (Å²) in [6, 6.07) is 5.61. The molecular formula is C23H35FIN5OS. The normalized spacial score (nSPS) is 15.3. The third-order valence-electron chi connectivity index (χ3n) is 5.44. The summed E-state index contributed by atoms with van der Waals surface area (Å²) in [6.07, 6.45) is 5.96. The number of aromatic nitrogens is 1. The minimum atomic E-state index is -0.299. The average Bonchev–Trinajstić information content (AvgIpc) is 3.23. The Morgan fingerprint density at radius 2 is 2.09 bits per heavy atom. The number of aryl methyl sites for hydroxylation is 1. The number of benzene rings is 1. The molecule has 0 radical (unpaired) electrons. The Balaban J connectivity index is 0.00000363. The monoisotopic (exact) mass is 575 g/mol. The second kappa shape index (κ2) is 13.9. The number of thiazole rings is 1. The molecular weight excluding hydrogens is 540 g/mol. The molecule has 0 aliphatic carbocycles. The number of rotatable bonds is 9. The second-order valence-electron chi connectivity index (χ2n) is 7.75. The van der Waals surface area contributed by atoms with Gasteiger partial charge >= 0.3 is 0 Å². The summed E-state index contributed by atoms with van der Waals surface area (Å²) in [5.41, 5.74) is 0.980. The van der Waals surface area contributed by atoms with E-state index >= 15 is 0 Å².